The average Bonchev–Trinajstić information content (AvgIpc) is 3.21. The summed E-state index contributed by atoms with van der Waals surface area (Å²) in [6.45, 7) is 1.24. The zero-order valence-electron chi connectivity index (χ0n) is 19.8. The first-order valence-corrected chi connectivity index (χ1v) is 13.6. The maximum absolute atomic E-state index is 12.9. The van der Waals surface area contributed by atoms with Crippen LogP contribution in [0.5, 0.6) is 0 Å². The molecule has 2 heterocycles. The molecule has 0 saturated carbocycles. The second kappa shape index (κ2) is 11.6. The number of rotatable bonds is 8. The monoisotopic (exact) mass is 497 g/mol. The molecule has 1 saturated heterocycles. The minimum Gasteiger partial charge on any atom is -0.455 e. The molecule has 0 unspecified atom stereocenters. The lowest BCUT2D eigenvalue weighted by Gasteiger charge is -2.20. The first-order valence-electron chi connectivity index (χ1n) is 12.1. The van der Waals surface area contributed by atoms with Crippen LogP contribution in [0.25, 0.3) is 0 Å². The van der Waals surface area contributed by atoms with E-state index in [4.69, 9.17) is 4.74 Å². The van der Waals surface area contributed by atoms with Gasteiger partial charge in [0.1, 0.15) is 0 Å². The van der Waals surface area contributed by atoms with Crippen LogP contribution >= 0.6 is 0 Å². The molecule has 2 aliphatic rings. The van der Waals surface area contributed by atoms with E-state index in [0.717, 1.165) is 42.5 Å². The fourth-order valence-corrected chi connectivity index (χ4v) is 5.78. The molecule has 1 amide bonds. The van der Waals surface area contributed by atoms with Crippen molar-refractivity contribution in [3.8, 4) is 0 Å². The van der Waals surface area contributed by atoms with E-state index in [9.17, 15) is 18.0 Å². The van der Waals surface area contributed by atoms with Crippen molar-refractivity contribution in [2.45, 2.75) is 49.8 Å². The number of nitrogens with zero attached hydrogens (tertiary/aromatic N) is 3. The second-order valence-electron chi connectivity index (χ2n) is 8.80. The van der Waals surface area contributed by atoms with Gasteiger partial charge in [-0.05, 0) is 42.5 Å². The Morgan fingerprint density at radius 2 is 1.57 bits per heavy atom. The Labute approximate surface area is 206 Å². The number of carbonyl (C=O) groups is 2. The van der Waals surface area contributed by atoms with E-state index < -0.39 is 16.0 Å². The molecule has 0 radical (unpaired) electrons. The van der Waals surface area contributed by atoms with E-state index in [1.165, 1.54) is 5.01 Å². The first kappa shape index (κ1) is 25.1. The summed E-state index contributed by atoms with van der Waals surface area (Å²) in [5.74, 6) is -0.835. The Hall–Kier alpha value is -3.04. The molecule has 0 spiro atoms. The van der Waals surface area contributed by atoms with Crippen LogP contribution in [-0.2, 0) is 30.8 Å². The van der Waals surface area contributed by atoms with E-state index in [1.807, 2.05) is 30.3 Å². The lowest BCUT2D eigenvalue weighted by atomic mass is 10.1. The number of amides is 1. The van der Waals surface area contributed by atoms with Gasteiger partial charge in [0, 0.05) is 25.9 Å². The van der Waals surface area contributed by atoms with Gasteiger partial charge < -0.3 is 4.74 Å². The fraction of sp³-hybridized carbons (Fsp3) is 0.423. The summed E-state index contributed by atoms with van der Waals surface area (Å²) in [7, 11) is -3.49. The Bertz CT molecular complexity index is 1160. The van der Waals surface area contributed by atoms with Crippen molar-refractivity contribution in [3.05, 3.63) is 65.7 Å². The molecule has 0 aliphatic carbocycles. The van der Waals surface area contributed by atoms with Gasteiger partial charge in [0.15, 0.2) is 6.61 Å². The molecular formula is C26H31N3O5S. The standard InChI is InChI=1S/C26H31N3O5S/c30-25(29-19-16-24(27-29)22-8-4-3-5-9-22)20-34-26(31)15-12-21-10-13-23(14-11-21)35(32,33)28-17-6-1-2-7-18-28/h3-5,8-11,13-14H,1-2,6-7,12,15-20H2. The van der Waals surface area contributed by atoms with Gasteiger partial charge in [-0.3, -0.25) is 9.59 Å². The van der Waals surface area contributed by atoms with Gasteiger partial charge in [0.25, 0.3) is 5.91 Å². The van der Waals surface area contributed by atoms with Crippen molar-refractivity contribution in [2.24, 2.45) is 5.10 Å². The van der Waals surface area contributed by atoms with Crippen molar-refractivity contribution in [3.63, 3.8) is 0 Å². The average molecular weight is 498 g/mol. The molecule has 186 valence electrons. The summed E-state index contributed by atoms with van der Waals surface area (Å²) in [5.41, 5.74) is 2.65. The normalized spacial score (nSPS) is 17.0. The van der Waals surface area contributed by atoms with Gasteiger partial charge >= 0.3 is 5.97 Å². The summed E-state index contributed by atoms with van der Waals surface area (Å²) in [6, 6.07) is 16.3. The smallest absolute Gasteiger partial charge is 0.306 e. The van der Waals surface area contributed by atoms with Crippen LogP contribution in [0.15, 0.2) is 64.6 Å². The third-order valence-electron chi connectivity index (χ3n) is 6.30. The van der Waals surface area contributed by atoms with Gasteiger partial charge in [0.05, 0.1) is 17.2 Å². The molecule has 0 N–H and O–H groups in total. The van der Waals surface area contributed by atoms with Crippen LogP contribution in [0.4, 0.5) is 0 Å². The number of aryl methyl sites for hydroxylation is 1. The lowest BCUT2D eigenvalue weighted by Crippen LogP contribution is -2.31. The Kier molecular flexibility index (Phi) is 8.30. The molecule has 4 rings (SSSR count). The number of benzene rings is 2. The molecule has 0 aromatic heterocycles. The zero-order chi connectivity index (χ0) is 24.7. The number of hydrogen-bond donors (Lipinski definition) is 0. The third-order valence-corrected chi connectivity index (χ3v) is 8.21. The summed E-state index contributed by atoms with van der Waals surface area (Å²) in [6.07, 6.45) is 5.06. The highest BCUT2D eigenvalue weighted by Crippen LogP contribution is 2.21. The number of ether oxygens (including phenoxy) is 1. The predicted octanol–water partition coefficient (Wildman–Crippen LogP) is 3.36. The third kappa shape index (κ3) is 6.55. The van der Waals surface area contributed by atoms with E-state index in [2.05, 4.69) is 5.10 Å². The van der Waals surface area contributed by atoms with Crippen LogP contribution < -0.4 is 0 Å². The minimum absolute atomic E-state index is 0.101. The quantitative estimate of drug-likeness (QED) is 0.521. The largest absolute Gasteiger partial charge is 0.455 e. The van der Waals surface area contributed by atoms with Gasteiger partial charge in [-0.15, -0.1) is 0 Å². The SMILES string of the molecule is O=C(CCc1ccc(S(=O)(=O)N2CCCCCC2)cc1)OCC(=O)N1CCC(c2ccccc2)=N1. The van der Waals surface area contributed by atoms with E-state index in [-0.39, 0.29) is 23.8 Å². The molecule has 2 aliphatic heterocycles. The van der Waals surface area contributed by atoms with Crippen molar-refractivity contribution < 1.29 is 22.7 Å². The topological polar surface area (TPSA) is 96.3 Å². The number of carbonyl (C=O) groups excluding carboxylic acids is 2. The number of esters is 1. The molecule has 35 heavy (non-hydrogen) atoms. The molecule has 0 bridgehead atoms. The minimum atomic E-state index is -3.49. The lowest BCUT2D eigenvalue weighted by molar-refractivity contribution is -0.151. The molecule has 2 aromatic rings. The first-order chi connectivity index (χ1) is 16.9. The Balaban J connectivity index is 1.23. The van der Waals surface area contributed by atoms with Crippen LogP contribution in [0.3, 0.4) is 0 Å². The number of hydrazone groups is 1. The fourth-order valence-electron chi connectivity index (χ4n) is 4.27. The maximum Gasteiger partial charge on any atom is 0.306 e. The summed E-state index contributed by atoms with van der Waals surface area (Å²) in [5, 5.41) is 5.70. The van der Waals surface area contributed by atoms with Crippen LogP contribution in [0.1, 0.15) is 49.7 Å². The molecule has 2 aromatic carbocycles. The molecule has 0 atom stereocenters. The number of sulfonamides is 1. The summed E-state index contributed by atoms with van der Waals surface area (Å²) in [4.78, 5) is 24.8. The van der Waals surface area contributed by atoms with Gasteiger partial charge in [-0.25, -0.2) is 13.4 Å². The maximum atomic E-state index is 12.9. The highest BCUT2D eigenvalue weighted by Gasteiger charge is 2.25. The van der Waals surface area contributed by atoms with Gasteiger partial charge in [-0.1, -0.05) is 55.3 Å². The number of hydrogen-bond acceptors (Lipinski definition) is 6. The van der Waals surface area contributed by atoms with E-state index in [1.54, 1.807) is 28.6 Å². The van der Waals surface area contributed by atoms with Crippen molar-refractivity contribution in [1.29, 1.82) is 0 Å². The highest BCUT2D eigenvalue weighted by atomic mass is 32.2. The summed E-state index contributed by atoms with van der Waals surface area (Å²) >= 11 is 0. The van der Waals surface area contributed by atoms with Crippen molar-refractivity contribution >= 4 is 27.6 Å². The van der Waals surface area contributed by atoms with Gasteiger partial charge in [-0.2, -0.15) is 9.41 Å². The Morgan fingerprint density at radius 3 is 2.26 bits per heavy atom. The van der Waals surface area contributed by atoms with E-state index >= 15 is 0 Å². The van der Waals surface area contributed by atoms with Crippen LogP contribution in [-0.4, -0.2) is 61.6 Å². The molecule has 1 fully saturated rings. The van der Waals surface area contributed by atoms with Crippen LogP contribution in [0, 0.1) is 0 Å². The second-order valence-corrected chi connectivity index (χ2v) is 10.7. The van der Waals surface area contributed by atoms with Crippen molar-refractivity contribution in [2.75, 3.05) is 26.2 Å². The van der Waals surface area contributed by atoms with E-state index in [0.29, 0.717) is 32.5 Å². The molecule has 9 heteroatoms. The Morgan fingerprint density at radius 1 is 0.886 bits per heavy atom. The molecule has 8 nitrogen and oxygen atoms in total. The predicted molar refractivity (Wildman–Crippen MR) is 132 cm³/mol. The molecular weight excluding hydrogens is 466 g/mol. The summed E-state index contributed by atoms with van der Waals surface area (Å²) < 4.78 is 32.5. The zero-order valence-corrected chi connectivity index (χ0v) is 20.6. The van der Waals surface area contributed by atoms with Gasteiger partial charge in [0.2, 0.25) is 10.0 Å². The van der Waals surface area contributed by atoms with Crippen LogP contribution in [0.2, 0.25) is 0 Å². The highest BCUT2D eigenvalue weighted by molar-refractivity contribution is 7.89. The van der Waals surface area contributed by atoms with Crippen molar-refractivity contribution in [1.82, 2.24) is 9.31 Å².